The minimum absolute atomic E-state index is 0.128. The van der Waals surface area contributed by atoms with Gasteiger partial charge in [0.25, 0.3) is 6.26 Å². The van der Waals surface area contributed by atoms with Gasteiger partial charge in [-0.1, -0.05) is 0 Å². The zero-order valence-electron chi connectivity index (χ0n) is 7.37. The molecule has 0 atom stereocenters. The summed E-state index contributed by atoms with van der Waals surface area (Å²) in [5.74, 6) is 0.336. The molecule has 0 heterocycles. The van der Waals surface area contributed by atoms with Gasteiger partial charge in [0.1, 0.15) is 5.75 Å². The summed E-state index contributed by atoms with van der Waals surface area (Å²) >= 11 is 2.05. The summed E-state index contributed by atoms with van der Waals surface area (Å²) in [7, 11) is 0. The van der Waals surface area contributed by atoms with Crippen LogP contribution in [-0.4, -0.2) is 5.91 Å². The fourth-order valence-corrected chi connectivity index (χ4v) is 1.52. The van der Waals surface area contributed by atoms with Gasteiger partial charge in [-0.3, -0.25) is 4.79 Å². The minimum atomic E-state index is -0.128. The summed E-state index contributed by atoms with van der Waals surface area (Å²) in [4.78, 5) is 10.8. The molecule has 0 aliphatic carbocycles. The quantitative estimate of drug-likeness (QED) is 0.672. The Labute approximate surface area is 95.0 Å². The first-order chi connectivity index (χ1) is 6.63. The molecule has 0 aromatic heterocycles. The molecule has 14 heavy (non-hydrogen) atoms. The van der Waals surface area contributed by atoms with E-state index in [9.17, 15) is 4.79 Å². The average Bonchev–Trinajstić information content (AvgIpc) is 2.10. The molecule has 0 bridgehead atoms. The highest BCUT2D eigenvalue weighted by Crippen LogP contribution is 2.23. The lowest BCUT2D eigenvalue weighted by molar-refractivity contribution is -0.114. The highest BCUT2D eigenvalue weighted by molar-refractivity contribution is 14.1. The van der Waals surface area contributed by atoms with E-state index in [4.69, 9.17) is 5.26 Å². The van der Waals surface area contributed by atoms with E-state index in [0.717, 1.165) is 3.57 Å². The topological polar surface area (TPSA) is 62.1 Å². The number of benzene rings is 1. The van der Waals surface area contributed by atoms with Gasteiger partial charge >= 0.3 is 0 Å². The molecular formula is C9H7IN2O2. The number of rotatable bonds is 2. The Balaban J connectivity index is 2.90. The highest BCUT2D eigenvalue weighted by atomic mass is 127. The van der Waals surface area contributed by atoms with Crippen LogP contribution >= 0.6 is 22.6 Å². The molecule has 1 rings (SSSR count). The predicted molar refractivity (Wildman–Crippen MR) is 59.7 cm³/mol. The molecule has 1 aromatic rings. The van der Waals surface area contributed by atoms with E-state index in [1.165, 1.54) is 6.92 Å². The Morgan fingerprint density at radius 2 is 2.36 bits per heavy atom. The monoisotopic (exact) mass is 302 g/mol. The number of anilines is 1. The Bertz CT molecular complexity index is 398. The number of nitrogens with one attached hydrogen (secondary N) is 1. The van der Waals surface area contributed by atoms with Crippen molar-refractivity contribution in [2.75, 3.05) is 5.32 Å². The number of halogens is 1. The molecule has 72 valence electrons. The van der Waals surface area contributed by atoms with Crippen LogP contribution in [0.15, 0.2) is 18.2 Å². The van der Waals surface area contributed by atoms with Crippen LogP contribution in [0.5, 0.6) is 5.75 Å². The van der Waals surface area contributed by atoms with Crippen molar-refractivity contribution >= 4 is 34.2 Å². The number of nitrogens with zero attached hydrogens (tertiary/aromatic N) is 1. The van der Waals surface area contributed by atoms with E-state index in [2.05, 4.69) is 32.6 Å². The number of carbonyl (C=O) groups excluding carboxylic acids is 1. The van der Waals surface area contributed by atoms with Crippen LogP contribution < -0.4 is 10.1 Å². The van der Waals surface area contributed by atoms with Crippen LogP contribution in [0.2, 0.25) is 0 Å². The van der Waals surface area contributed by atoms with Gasteiger partial charge in [0.05, 0.1) is 5.69 Å². The van der Waals surface area contributed by atoms with Crippen molar-refractivity contribution in [1.29, 1.82) is 5.26 Å². The second kappa shape index (κ2) is 4.81. The van der Waals surface area contributed by atoms with E-state index in [1.54, 1.807) is 24.5 Å². The Morgan fingerprint density at radius 1 is 1.64 bits per heavy atom. The summed E-state index contributed by atoms with van der Waals surface area (Å²) in [6.07, 6.45) is 1.58. The van der Waals surface area contributed by atoms with Crippen LogP contribution in [0.4, 0.5) is 5.69 Å². The van der Waals surface area contributed by atoms with E-state index >= 15 is 0 Å². The van der Waals surface area contributed by atoms with Gasteiger partial charge in [0.2, 0.25) is 5.91 Å². The summed E-state index contributed by atoms with van der Waals surface area (Å²) in [6, 6.07) is 4.99. The zero-order chi connectivity index (χ0) is 10.6. The number of hydrogen-bond acceptors (Lipinski definition) is 3. The standard InChI is InChI=1S/C9H7IN2O2/c1-6(13)12-9-3-2-7(14-5-11)4-8(9)10/h2-4H,1H3,(H,12,13). The van der Waals surface area contributed by atoms with Crippen molar-refractivity contribution in [3.63, 3.8) is 0 Å². The lowest BCUT2D eigenvalue weighted by Gasteiger charge is -2.05. The SMILES string of the molecule is CC(=O)Nc1ccc(OC#N)cc1I. The first kappa shape index (κ1) is 10.8. The predicted octanol–water partition coefficient (Wildman–Crippen LogP) is 2.11. The minimum Gasteiger partial charge on any atom is -0.388 e. The van der Waals surface area contributed by atoms with Gasteiger partial charge < -0.3 is 10.1 Å². The van der Waals surface area contributed by atoms with Crippen molar-refractivity contribution in [3.05, 3.63) is 21.8 Å². The normalized spacial score (nSPS) is 8.93. The molecule has 0 fully saturated rings. The third-order valence-corrected chi connectivity index (χ3v) is 2.31. The van der Waals surface area contributed by atoms with E-state index in [1.807, 2.05) is 0 Å². The van der Waals surface area contributed by atoms with Gasteiger partial charge in [-0.05, 0) is 40.8 Å². The second-order valence-electron chi connectivity index (χ2n) is 2.52. The first-order valence-corrected chi connectivity index (χ1v) is 4.84. The fraction of sp³-hybridized carbons (Fsp3) is 0.111. The number of amides is 1. The summed E-state index contributed by atoms with van der Waals surface area (Å²) in [6.45, 7) is 1.44. The summed E-state index contributed by atoms with van der Waals surface area (Å²) < 4.78 is 5.46. The Kier molecular flexibility index (Phi) is 3.71. The van der Waals surface area contributed by atoms with E-state index < -0.39 is 0 Å². The molecule has 0 radical (unpaired) electrons. The number of carbonyl (C=O) groups is 1. The molecule has 0 saturated carbocycles. The van der Waals surface area contributed by atoms with Crippen molar-refractivity contribution in [3.8, 4) is 12.0 Å². The molecular weight excluding hydrogens is 295 g/mol. The van der Waals surface area contributed by atoms with Gasteiger partial charge in [-0.2, -0.15) is 0 Å². The molecule has 0 aliphatic heterocycles. The molecule has 1 aromatic carbocycles. The maximum absolute atomic E-state index is 10.8. The zero-order valence-corrected chi connectivity index (χ0v) is 9.53. The van der Waals surface area contributed by atoms with Crippen LogP contribution in [0.3, 0.4) is 0 Å². The number of ether oxygens (including phenoxy) is 1. The Hall–Kier alpha value is -1.29. The molecule has 1 N–H and O–H groups in total. The smallest absolute Gasteiger partial charge is 0.292 e. The fourth-order valence-electron chi connectivity index (χ4n) is 0.903. The molecule has 0 unspecified atom stereocenters. The molecule has 4 nitrogen and oxygen atoms in total. The largest absolute Gasteiger partial charge is 0.388 e. The maximum Gasteiger partial charge on any atom is 0.292 e. The van der Waals surface area contributed by atoms with Crippen LogP contribution in [-0.2, 0) is 4.79 Å². The first-order valence-electron chi connectivity index (χ1n) is 3.76. The lowest BCUT2D eigenvalue weighted by Crippen LogP contribution is -2.06. The number of nitriles is 1. The molecule has 1 amide bonds. The van der Waals surface area contributed by atoms with Crippen molar-refractivity contribution < 1.29 is 9.53 Å². The van der Waals surface area contributed by atoms with Crippen molar-refractivity contribution in [2.24, 2.45) is 0 Å². The van der Waals surface area contributed by atoms with Crippen molar-refractivity contribution in [2.45, 2.75) is 6.92 Å². The average molecular weight is 302 g/mol. The van der Waals surface area contributed by atoms with E-state index in [-0.39, 0.29) is 5.91 Å². The van der Waals surface area contributed by atoms with Crippen molar-refractivity contribution in [1.82, 2.24) is 0 Å². The van der Waals surface area contributed by atoms with Crippen LogP contribution in [0.1, 0.15) is 6.92 Å². The van der Waals surface area contributed by atoms with Gasteiger partial charge in [-0.15, -0.1) is 5.26 Å². The summed E-state index contributed by atoms with van der Waals surface area (Å²) in [5.41, 5.74) is 0.711. The second-order valence-corrected chi connectivity index (χ2v) is 3.68. The van der Waals surface area contributed by atoms with E-state index in [0.29, 0.717) is 11.4 Å². The molecule has 0 spiro atoms. The lowest BCUT2D eigenvalue weighted by atomic mass is 10.3. The van der Waals surface area contributed by atoms with Crippen LogP contribution in [0.25, 0.3) is 0 Å². The van der Waals surface area contributed by atoms with Gasteiger partial charge in [0, 0.05) is 10.5 Å². The molecule has 5 heteroatoms. The third-order valence-electron chi connectivity index (χ3n) is 1.41. The third kappa shape index (κ3) is 2.88. The molecule has 0 aliphatic rings. The van der Waals surface area contributed by atoms with Gasteiger partial charge in [0.15, 0.2) is 0 Å². The molecule has 0 saturated heterocycles. The van der Waals surface area contributed by atoms with Gasteiger partial charge in [-0.25, -0.2) is 0 Å². The number of hydrogen-bond donors (Lipinski definition) is 1. The highest BCUT2D eigenvalue weighted by Gasteiger charge is 2.03. The summed E-state index contributed by atoms with van der Waals surface area (Å²) in [5, 5.41) is 10.9. The maximum atomic E-state index is 10.8. The van der Waals surface area contributed by atoms with Crippen LogP contribution in [0, 0.1) is 15.1 Å². The Morgan fingerprint density at radius 3 is 2.86 bits per heavy atom.